The molecular formula is C21H39N7O8. The lowest BCUT2D eigenvalue weighted by atomic mass is 10.0. The molecule has 0 aromatic heterocycles. The summed E-state index contributed by atoms with van der Waals surface area (Å²) in [4.78, 5) is 71.8. The zero-order valence-corrected chi connectivity index (χ0v) is 20.2. The Morgan fingerprint density at radius 1 is 0.667 bits per heavy atom. The van der Waals surface area contributed by atoms with E-state index in [-0.39, 0.29) is 25.7 Å². The number of primary amides is 1. The number of nitrogens with one attached hydrogen (secondary N) is 3. The molecule has 4 atom stereocenters. The number of carbonyl (C=O) groups is 6. The number of hydrogen-bond acceptors (Lipinski definition) is 9. The molecule has 15 nitrogen and oxygen atoms in total. The van der Waals surface area contributed by atoms with Gasteiger partial charge in [0.25, 0.3) is 0 Å². The monoisotopic (exact) mass is 517 g/mol. The van der Waals surface area contributed by atoms with Gasteiger partial charge in [0.1, 0.15) is 18.1 Å². The normalized spacial score (nSPS) is 14.1. The first kappa shape index (κ1) is 32.7. The SMILES string of the molecule is NCCCCC(NC(=O)C(CC(N)=O)NC(=O)C(CCCCN)NC(=O)C(N)CCC(=O)O)C(=O)O. The zero-order chi connectivity index (χ0) is 27.7. The van der Waals surface area contributed by atoms with Crippen LogP contribution in [0.25, 0.3) is 0 Å². The van der Waals surface area contributed by atoms with Gasteiger partial charge in [0.05, 0.1) is 12.5 Å². The fourth-order valence-corrected chi connectivity index (χ4v) is 3.16. The fraction of sp³-hybridized carbons (Fsp3) is 0.714. The van der Waals surface area contributed by atoms with Crippen LogP contribution in [-0.2, 0) is 28.8 Å². The first-order valence-electron chi connectivity index (χ1n) is 11.7. The summed E-state index contributed by atoms with van der Waals surface area (Å²) >= 11 is 0. The Balaban J connectivity index is 5.47. The van der Waals surface area contributed by atoms with E-state index in [4.69, 9.17) is 28.0 Å². The topological polar surface area (TPSA) is 283 Å². The van der Waals surface area contributed by atoms with Gasteiger partial charge in [-0.25, -0.2) is 4.79 Å². The Bertz CT molecular complexity index is 765. The molecule has 0 aliphatic rings. The molecular weight excluding hydrogens is 478 g/mol. The average Bonchev–Trinajstić information content (AvgIpc) is 2.80. The van der Waals surface area contributed by atoms with Crippen LogP contribution in [0.4, 0.5) is 0 Å². The second-order valence-corrected chi connectivity index (χ2v) is 8.30. The smallest absolute Gasteiger partial charge is 0.326 e. The third-order valence-electron chi connectivity index (χ3n) is 5.19. The second-order valence-electron chi connectivity index (χ2n) is 8.30. The molecule has 0 spiro atoms. The molecule has 4 unspecified atom stereocenters. The minimum atomic E-state index is -1.50. The molecule has 13 N–H and O–H groups in total. The number of amides is 4. The van der Waals surface area contributed by atoms with E-state index in [1.54, 1.807) is 0 Å². The molecule has 0 aliphatic heterocycles. The summed E-state index contributed by atoms with van der Waals surface area (Å²) < 4.78 is 0. The van der Waals surface area contributed by atoms with Crippen LogP contribution in [0.5, 0.6) is 0 Å². The van der Waals surface area contributed by atoms with Gasteiger partial charge in [-0.3, -0.25) is 24.0 Å². The van der Waals surface area contributed by atoms with E-state index in [1.165, 1.54) is 0 Å². The van der Waals surface area contributed by atoms with Crippen molar-refractivity contribution in [2.45, 2.75) is 82.0 Å². The maximum atomic E-state index is 12.9. The number of rotatable bonds is 20. The first-order valence-corrected chi connectivity index (χ1v) is 11.7. The molecule has 0 aromatic carbocycles. The number of hydrogen-bond donors (Lipinski definition) is 9. The second kappa shape index (κ2) is 18.0. The van der Waals surface area contributed by atoms with Crippen LogP contribution >= 0.6 is 0 Å². The maximum absolute atomic E-state index is 12.9. The van der Waals surface area contributed by atoms with Crippen LogP contribution < -0.4 is 38.9 Å². The fourth-order valence-electron chi connectivity index (χ4n) is 3.16. The number of aliphatic carboxylic acids is 2. The number of unbranched alkanes of at least 4 members (excludes halogenated alkanes) is 2. The van der Waals surface area contributed by atoms with Crippen molar-refractivity contribution in [3.8, 4) is 0 Å². The molecule has 0 bridgehead atoms. The van der Waals surface area contributed by atoms with Gasteiger partial charge in [-0.1, -0.05) is 0 Å². The molecule has 0 saturated carbocycles. The number of carboxylic acid groups (broad SMARTS) is 2. The van der Waals surface area contributed by atoms with E-state index in [0.717, 1.165) is 0 Å². The third kappa shape index (κ3) is 14.2. The van der Waals surface area contributed by atoms with Crippen molar-refractivity contribution in [2.24, 2.45) is 22.9 Å². The van der Waals surface area contributed by atoms with E-state index in [0.29, 0.717) is 38.8 Å². The molecule has 0 aliphatic carbocycles. The van der Waals surface area contributed by atoms with E-state index in [1.807, 2.05) is 0 Å². The van der Waals surface area contributed by atoms with Crippen LogP contribution in [0, 0.1) is 0 Å². The summed E-state index contributed by atoms with van der Waals surface area (Å²) in [5.74, 6) is -5.91. The van der Waals surface area contributed by atoms with E-state index >= 15 is 0 Å². The van der Waals surface area contributed by atoms with E-state index in [2.05, 4.69) is 16.0 Å². The van der Waals surface area contributed by atoms with Crippen molar-refractivity contribution in [1.29, 1.82) is 0 Å². The Morgan fingerprint density at radius 2 is 1.14 bits per heavy atom. The van der Waals surface area contributed by atoms with Gasteiger partial charge in [0.15, 0.2) is 0 Å². The Morgan fingerprint density at radius 3 is 1.61 bits per heavy atom. The first-order chi connectivity index (χ1) is 16.9. The Labute approximate surface area is 209 Å². The summed E-state index contributed by atoms with van der Waals surface area (Å²) in [5, 5.41) is 25.2. The summed E-state index contributed by atoms with van der Waals surface area (Å²) in [6, 6.07) is -5.15. The van der Waals surface area contributed by atoms with Crippen molar-refractivity contribution in [3.63, 3.8) is 0 Å². The van der Waals surface area contributed by atoms with E-state index < -0.39 is 66.2 Å². The highest BCUT2D eigenvalue weighted by molar-refractivity contribution is 5.96. The highest BCUT2D eigenvalue weighted by atomic mass is 16.4. The standard InChI is InChI=1S/C21H39N7O8/c22-9-3-1-5-13(26-18(32)12(24)7-8-17(30)31)19(33)28-15(11-16(25)29)20(34)27-14(21(35)36)6-2-4-10-23/h12-15H,1-11,22-24H2,(H2,25,29)(H,26,32)(H,27,34)(H,28,33)(H,30,31)(H,35,36). The van der Waals surface area contributed by atoms with Crippen LogP contribution in [0.1, 0.15) is 57.8 Å². The van der Waals surface area contributed by atoms with Gasteiger partial charge < -0.3 is 49.1 Å². The van der Waals surface area contributed by atoms with Gasteiger partial charge in [0, 0.05) is 6.42 Å². The molecule has 0 radical (unpaired) electrons. The number of carboxylic acids is 2. The molecule has 206 valence electrons. The molecule has 0 aromatic rings. The van der Waals surface area contributed by atoms with Gasteiger partial charge in [0.2, 0.25) is 23.6 Å². The average molecular weight is 518 g/mol. The quantitative estimate of drug-likeness (QED) is 0.0726. The molecule has 0 heterocycles. The summed E-state index contributed by atoms with van der Waals surface area (Å²) in [5.41, 5.74) is 21.8. The van der Waals surface area contributed by atoms with Crippen LogP contribution in [0.2, 0.25) is 0 Å². The molecule has 0 saturated heterocycles. The van der Waals surface area contributed by atoms with Crippen molar-refractivity contribution in [1.82, 2.24) is 16.0 Å². The molecule has 0 fully saturated rings. The van der Waals surface area contributed by atoms with Crippen molar-refractivity contribution < 1.29 is 39.0 Å². The van der Waals surface area contributed by atoms with Crippen LogP contribution in [0.3, 0.4) is 0 Å². The molecule has 4 amide bonds. The predicted octanol–water partition coefficient (Wildman–Crippen LogP) is -3.15. The number of nitrogens with two attached hydrogens (primary N) is 4. The largest absolute Gasteiger partial charge is 0.481 e. The minimum absolute atomic E-state index is 0.0848. The summed E-state index contributed by atoms with van der Waals surface area (Å²) in [7, 11) is 0. The van der Waals surface area contributed by atoms with Crippen molar-refractivity contribution in [2.75, 3.05) is 13.1 Å². The van der Waals surface area contributed by atoms with Crippen LogP contribution in [0.15, 0.2) is 0 Å². The highest BCUT2D eigenvalue weighted by Crippen LogP contribution is 2.06. The third-order valence-corrected chi connectivity index (χ3v) is 5.19. The van der Waals surface area contributed by atoms with E-state index in [9.17, 15) is 33.9 Å². The molecule has 36 heavy (non-hydrogen) atoms. The zero-order valence-electron chi connectivity index (χ0n) is 20.2. The summed E-state index contributed by atoms with van der Waals surface area (Å²) in [6.45, 7) is 0.672. The lowest BCUT2D eigenvalue weighted by molar-refractivity contribution is -0.142. The van der Waals surface area contributed by atoms with Crippen molar-refractivity contribution in [3.05, 3.63) is 0 Å². The van der Waals surface area contributed by atoms with Crippen molar-refractivity contribution >= 4 is 35.6 Å². The van der Waals surface area contributed by atoms with Gasteiger partial charge in [-0.2, -0.15) is 0 Å². The van der Waals surface area contributed by atoms with Gasteiger partial charge in [-0.15, -0.1) is 0 Å². The Hall–Kier alpha value is -3.30. The van der Waals surface area contributed by atoms with Crippen LogP contribution in [-0.4, -0.2) is 83.0 Å². The predicted molar refractivity (Wildman–Crippen MR) is 128 cm³/mol. The van der Waals surface area contributed by atoms with Gasteiger partial charge >= 0.3 is 11.9 Å². The molecule has 15 heteroatoms. The van der Waals surface area contributed by atoms with Gasteiger partial charge in [-0.05, 0) is 58.0 Å². The minimum Gasteiger partial charge on any atom is -0.481 e. The highest BCUT2D eigenvalue weighted by Gasteiger charge is 2.31. The lowest BCUT2D eigenvalue weighted by Gasteiger charge is -2.25. The summed E-state index contributed by atoms with van der Waals surface area (Å²) in [6.07, 6.45) is 0.990. The maximum Gasteiger partial charge on any atom is 0.326 e. The number of carbonyl (C=O) groups excluding carboxylic acids is 4. The lowest BCUT2D eigenvalue weighted by Crippen LogP contribution is -2.57. The Kier molecular flexibility index (Phi) is 16.4. The molecule has 0 rings (SSSR count).